The summed E-state index contributed by atoms with van der Waals surface area (Å²) in [5.74, 6) is 0.623. The van der Waals surface area contributed by atoms with Crippen molar-refractivity contribution in [2.24, 2.45) is 0 Å². The van der Waals surface area contributed by atoms with Crippen molar-refractivity contribution in [1.82, 2.24) is 5.32 Å². The lowest BCUT2D eigenvalue weighted by Crippen LogP contribution is -2.27. The van der Waals surface area contributed by atoms with E-state index in [1.165, 1.54) is 20.3 Å². The van der Waals surface area contributed by atoms with Crippen LogP contribution in [-0.2, 0) is 0 Å². The molecule has 0 heterocycles. The Balaban J connectivity index is 1.89. The number of benzene rings is 4. The van der Waals surface area contributed by atoms with Crippen LogP contribution in [0.4, 0.5) is 0 Å². The van der Waals surface area contributed by atoms with Gasteiger partial charge in [0.25, 0.3) is 5.91 Å². The molecule has 1 unspecified atom stereocenters. The summed E-state index contributed by atoms with van der Waals surface area (Å²) in [5.41, 5.74) is 2.51. The van der Waals surface area contributed by atoms with E-state index in [0.29, 0.717) is 28.2 Å². The highest BCUT2D eigenvalue weighted by Gasteiger charge is 2.23. The average Bonchev–Trinajstić information content (AvgIpc) is 2.83. The number of nitrogens with one attached hydrogen (secondary N) is 1. The van der Waals surface area contributed by atoms with E-state index < -0.39 is 0 Å². The zero-order valence-corrected chi connectivity index (χ0v) is 18.3. The predicted molar refractivity (Wildman–Crippen MR) is 126 cm³/mol. The minimum absolute atomic E-state index is 0.0253. The maximum atomic E-state index is 13.4. The number of carbonyl (C=O) groups is 1. The number of aromatic hydroxyl groups is 1. The summed E-state index contributed by atoms with van der Waals surface area (Å²) in [6, 6.07) is 24.3. The molecular formula is C27H25NO4. The van der Waals surface area contributed by atoms with Crippen LogP contribution in [0.5, 0.6) is 17.2 Å². The van der Waals surface area contributed by atoms with Crippen LogP contribution in [0, 0.1) is 0 Å². The van der Waals surface area contributed by atoms with Gasteiger partial charge in [0.1, 0.15) is 17.2 Å². The van der Waals surface area contributed by atoms with Crippen LogP contribution in [0.1, 0.15) is 28.9 Å². The first kappa shape index (κ1) is 21.2. The summed E-state index contributed by atoms with van der Waals surface area (Å²) in [5, 5.41) is 15.8. The normalized spacial score (nSPS) is 11.7. The number of methoxy groups -OCH3 is 2. The van der Waals surface area contributed by atoms with E-state index >= 15 is 0 Å². The fraction of sp³-hybridized carbons (Fsp3) is 0.148. The Hall–Kier alpha value is -3.99. The molecule has 4 rings (SSSR count). The molecule has 4 aromatic carbocycles. The molecule has 0 aromatic heterocycles. The van der Waals surface area contributed by atoms with Crippen LogP contribution >= 0.6 is 0 Å². The Morgan fingerprint density at radius 3 is 2.31 bits per heavy atom. The van der Waals surface area contributed by atoms with Crippen molar-refractivity contribution < 1.29 is 19.4 Å². The fourth-order valence-electron chi connectivity index (χ4n) is 3.94. The number of carbonyl (C=O) groups excluding carboxylic acids is 1. The Morgan fingerprint density at radius 2 is 1.59 bits per heavy atom. The van der Waals surface area contributed by atoms with Gasteiger partial charge in [-0.1, -0.05) is 60.7 Å². The number of phenols is 1. The molecule has 0 aliphatic heterocycles. The molecule has 162 valence electrons. The number of hydrogen-bond acceptors (Lipinski definition) is 4. The molecule has 0 fully saturated rings. The van der Waals surface area contributed by atoms with E-state index in [1.807, 2.05) is 67.6 Å². The molecule has 32 heavy (non-hydrogen) atoms. The van der Waals surface area contributed by atoms with E-state index in [-0.39, 0.29) is 17.7 Å². The van der Waals surface area contributed by atoms with Crippen molar-refractivity contribution in [2.45, 2.75) is 13.0 Å². The smallest absolute Gasteiger partial charge is 0.252 e. The third kappa shape index (κ3) is 3.97. The van der Waals surface area contributed by atoms with Gasteiger partial charge in [-0.05, 0) is 29.3 Å². The van der Waals surface area contributed by atoms with Gasteiger partial charge in [-0.3, -0.25) is 4.79 Å². The van der Waals surface area contributed by atoms with Crippen molar-refractivity contribution in [2.75, 3.05) is 14.2 Å². The number of amides is 1. The largest absolute Gasteiger partial charge is 0.507 e. The second-order valence-corrected chi connectivity index (χ2v) is 7.54. The lowest BCUT2D eigenvalue weighted by atomic mass is 9.91. The highest BCUT2D eigenvalue weighted by Crippen LogP contribution is 2.45. The first-order chi connectivity index (χ1) is 15.5. The number of hydrogen-bond donors (Lipinski definition) is 2. The van der Waals surface area contributed by atoms with Gasteiger partial charge in [0.2, 0.25) is 0 Å². The summed E-state index contributed by atoms with van der Waals surface area (Å²) in [6.07, 6.45) is 0. The van der Waals surface area contributed by atoms with Crippen LogP contribution in [0.15, 0.2) is 78.9 Å². The summed E-state index contributed by atoms with van der Waals surface area (Å²) < 4.78 is 10.9. The van der Waals surface area contributed by atoms with Crippen LogP contribution in [0.2, 0.25) is 0 Å². The van der Waals surface area contributed by atoms with E-state index in [1.54, 1.807) is 12.1 Å². The quantitative estimate of drug-likeness (QED) is 0.413. The molecule has 5 heteroatoms. The first-order valence-corrected chi connectivity index (χ1v) is 10.4. The van der Waals surface area contributed by atoms with Crippen molar-refractivity contribution >= 4 is 16.7 Å². The van der Waals surface area contributed by atoms with Gasteiger partial charge in [-0.25, -0.2) is 0 Å². The standard InChI is InChI=1S/C27H25NO4/c1-17(18-9-5-4-6-10-18)28-27(30)22-14-13-19-11-7-8-12-21(19)25(22)26-23(29)15-20(31-2)16-24(26)32-3/h4-17,29H,1-3H3,(H,28,30). The van der Waals surface area contributed by atoms with E-state index in [4.69, 9.17) is 9.47 Å². The molecule has 0 aliphatic carbocycles. The Kier molecular flexibility index (Phi) is 5.99. The lowest BCUT2D eigenvalue weighted by Gasteiger charge is -2.20. The second-order valence-electron chi connectivity index (χ2n) is 7.54. The molecule has 0 spiro atoms. The van der Waals surface area contributed by atoms with E-state index in [0.717, 1.165) is 16.3 Å². The topological polar surface area (TPSA) is 67.8 Å². The number of ether oxygens (including phenoxy) is 2. The Morgan fingerprint density at radius 1 is 0.875 bits per heavy atom. The zero-order chi connectivity index (χ0) is 22.7. The van der Waals surface area contributed by atoms with E-state index in [2.05, 4.69) is 5.32 Å². The summed E-state index contributed by atoms with van der Waals surface area (Å²) in [7, 11) is 3.05. The highest BCUT2D eigenvalue weighted by molar-refractivity contribution is 6.11. The third-order valence-corrected chi connectivity index (χ3v) is 5.58. The molecule has 0 saturated carbocycles. The van der Waals surface area contributed by atoms with Crippen molar-refractivity contribution in [1.29, 1.82) is 0 Å². The van der Waals surface area contributed by atoms with Gasteiger partial charge >= 0.3 is 0 Å². The molecule has 0 radical (unpaired) electrons. The lowest BCUT2D eigenvalue weighted by molar-refractivity contribution is 0.0940. The van der Waals surface area contributed by atoms with E-state index in [9.17, 15) is 9.90 Å². The maximum absolute atomic E-state index is 13.4. The number of rotatable bonds is 6. The number of fused-ring (bicyclic) bond motifs is 1. The van der Waals surface area contributed by atoms with Crippen LogP contribution in [0.3, 0.4) is 0 Å². The van der Waals surface area contributed by atoms with Crippen molar-refractivity contribution in [3.05, 3.63) is 90.0 Å². The first-order valence-electron chi connectivity index (χ1n) is 10.4. The molecule has 4 aromatic rings. The number of phenolic OH excluding ortho intramolecular Hbond substituents is 1. The predicted octanol–water partition coefficient (Wildman–Crippen LogP) is 5.72. The van der Waals surface area contributed by atoms with Crippen LogP contribution in [0.25, 0.3) is 21.9 Å². The molecule has 0 aliphatic rings. The molecule has 1 amide bonds. The molecular weight excluding hydrogens is 402 g/mol. The average molecular weight is 428 g/mol. The maximum Gasteiger partial charge on any atom is 0.252 e. The summed E-state index contributed by atoms with van der Waals surface area (Å²) in [6.45, 7) is 1.94. The molecule has 0 saturated heterocycles. The molecule has 0 bridgehead atoms. The van der Waals surface area contributed by atoms with Gasteiger partial charge in [0.05, 0.1) is 25.8 Å². The van der Waals surface area contributed by atoms with Crippen LogP contribution in [-0.4, -0.2) is 25.2 Å². The van der Waals surface area contributed by atoms with Gasteiger partial charge in [0, 0.05) is 23.3 Å². The minimum atomic E-state index is -0.237. The van der Waals surface area contributed by atoms with Crippen molar-refractivity contribution in [3.63, 3.8) is 0 Å². The molecule has 2 N–H and O–H groups in total. The molecule has 5 nitrogen and oxygen atoms in total. The zero-order valence-electron chi connectivity index (χ0n) is 18.3. The minimum Gasteiger partial charge on any atom is -0.507 e. The third-order valence-electron chi connectivity index (χ3n) is 5.58. The summed E-state index contributed by atoms with van der Waals surface area (Å²) >= 11 is 0. The van der Waals surface area contributed by atoms with Crippen molar-refractivity contribution in [3.8, 4) is 28.4 Å². The van der Waals surface area contributed by atoms with Gasteiger partial charge in [0.15, 0.2) is 0 Å². The van der Waals surface area contributed by atoms with Crippen LogP contribution < -0.4 is 14.8 Å². The Bertz CT molecular complexity index is 1270. The monoisotopic (exact) mass is 427 g/mol. The molecule has 1 atom stereocenters. The summed E-state index contributed by atoms with van der Waals surface area (Å²) in [4.78, 5) is 13.4. The fourth-order valence-corrected chi connectivity index (χ4v) is 3.94. The SMILES string of the molecule is COc1cc(O)c(-c2c(C(=O)NC(C)c3ccccc3)ccc3ccccc23)c(OC)c1. The van der Waals surface area contributed by atoms with Gasteiger partial charge in [-0.15, -0.1) is 0 Å². The second kappa shape index (κ2) is 9.02. The van der Waals surface area contributed by atoms with Gasteiger partial charge in [-0.2, -0.15) is 0 Å². The highest BCUT2D eigenvalue weighted by atomic mass is 16.5. The Labute approximate surface area is 187 Å². The van der Waals surface area contributed by atoms with Gasteiger partial charge < -0.3 is 19.9 Å².